The van der Waals surface area contributed by atoms with Crippen LogP contribution in [0.2, 0.25) is 0 Å². The summed E-state index contributed by atoms with van der Waals surface area (Å²) < 4.78 is 5.65. The van der Waals surface area contributed by atoms with Gasteiger partial charge in [-0.25, -0.2) is 0 Å². The minimum absolute atomic E-state index is 0. The predicted molar refractivity (Wildman–Crippen MR) is 61.1 cm³/mol. The Morgan fingerprint density at radius 2 is 2.21 bits per heavy atom. The normalized spacial score (nSPS) is 15.3. The highest BCUT2D eigenvalue weighted by Crippen LogP contribution is 2.35. The first-order chi connectivity index (χ1) is 6.33. The summed E-state index contributed by atoms with van der Waals surface area (Å²) >= 11 is 0. The summed E-state index contributed by atoms with van der Waals surface area (Å²) in [5, 5.41) is 0. The Morgan fingerprint density at radius 3 is 2.93 bits per heavy atom. The first-order valence-corrected chi connectivity index (χ1v) is 5.07. The molecule has 1 heteroatoms. The molecule has 1 aromatic rings. The van der Waals surface area contributed by atoms with Gasteiger partial charge in [0, 0.05) is 6.42 Å². The minimum Gasteiger partial charge on any atom is -0.493 e. The van der Waals surface area contributed by atoms with Crippen LogP contribution < -0.4 is 4.74 Å². The Bertz CT molecular complexity index is 304. The summed E-state index contributed by atoms with van der Waals surface area (Å²) in [7, 11) is 0. The molecular weight excluding hydrogens is 172 g/mol. The van der Waals surface area contributed by atoms with E-state index in [0.29, 0.717) is 5.92 Å². The zero-order valence-electron chi connectivity index (χ0n) is 8.34. The lowest BCUT2D eigenvalue weighted by molar-refractivity contribution is 0.351. The molecule has 2 rings (SSSR count). The van der Waals surface area contributed by atoms with Gasteiger partial charge in [0.05, 0.1) is 6.61 Å². The second kappa shape index (κ2) is 4.50. The van der Waals surface area contributed by atoms with Crippen molar-refractivity contribution in [1.29, 1.82) is 0 Å². The van der Waals surface area contributed by atoms with Crippen molar-refractivity contribution in [3.05, 3.63) is 29.3 Å². The Kier molecular flexibility index (Phi) is 3.56. The van der Waals surface area contributed by atoms with E-state index < -0.39 is 0 Å². The second-order valence-electron chi connectivity index (χ2n) is 3.74. The molecule has 0 N–H and O–H groups in total. The third kappa shape index (κ3) is 1.77. The molecule has 1 nitrogen and oxygen atoms in total. The Labute approximate surface area is 87.1 Å². The Balaban J connectivity index is 0.000000980. The molecule has 1 aliphatic heterocycles. The summed E-state index contributed by atoms with van der Waals surface area (Å²) in [6.07, 6.45) is 2.26. The fourth-order valence-corrected chi connectivity index (χ4v) is 1.85. The van der Waals surface area contributed by atoms with Gasteiger partial charge in [0.15, 0.2) is 0 Å². The van der Waals surface area contributed by atoms with Gasteiger partial charge in [0.25, 0.3) is 0 Å². The van der Waals surface area contributed by atoms with Crippen LogP contribution in [0, 0.1) is 0 Å². The molecular formula is C13H20O. The highest BCUT2D eigenvalue weighted by molar-refractivity contribution is 5.45. The molecule has 1 unspecified atom stereocenters. The Hall–Kier alpha value is -0.980. The van der Waals surface area contributed by atoms with Gasteiger partial charge in [-0.15, -0.1) is 0 Å². The molecule has 0 aromatic heterocycles. The number of hydrogen-bond acceptors (Lipinski definition) is 1. The van der Waals surface area contributed by atoms with Gasteiger partial charge >= 0.3 is 0 Å². The lowest BCUT2D eigenvalue weighted by Crippen LogP contribution is -1.95. The van der Waals surface area contributed by atoms with Crippen LogP contribution in [0.1, 0.15) is 44.7 Å². The fourth-order valence-electron chi connectivity index (χ4n) is 1.85. The number of fused-ring (bicyclic) bond motifs is 1. The molecule has 0 radical (unpaired) electrons. The van der Waals surface area contributed by atoms with Gasteiger partial charge in [-0.2, -0.15) is 0 Å². The molecule has 0 bridgehead atoms. The van der Waals surface area contributed by atoms with E-state index in [4.69, 9.17) is 4.74 Å². The maximum Gasteiger partial charge on any atom is 0.126 e. The number of benzene rings is 1. The lowest BCUT2D eigenvalue weighted by atomic mass is 9.95. The van der Waals surface area contributed by atoms with E-state index in [2.05, 4.69) is 32.0 Å². The van der Waals surface area contributed by atoms with Gasteiger partial charge in [0.1, 0.15) is 5.75 Å². The van der Waals surface area contributed by atoms with E-state index in [1.807, 2.05) is 0 Å². The Morgan fingerprint density at radius 1 is 1.43 bits per heavy atom. The molecule has 78 valence electrons. The van der Waals surface area contributed by atoms with Crippen molar-refractivity contribution in [2.24, 2.45) is 0 Å². The molecule has 0 fully saturated rings. The van der Waals surface area contributed by atoms with E-state index in [0.717, 1.165) is 18.8 Å². The highest BCUT2D eigenvalue weighted by atomic mass is 16.5. The summed E-state index contributed by atoms with van der Waals surface area (Å²) in [5.41, 5.74) is 2.77. The van der Waals surface area contributed by atoms with Crippen LogP contribution in [0.25, 0.3) is 0 Å². The van der Waals surface area contributed by atoms with Gasteiger partial charge in [0.2, 0.25) is 0 Å². The average Bonchev–Trinajstić information content (AvgIpc) is 2.63. The monoisotopic (exact) mass is 192 g/mol. The van der Waals surface area contributed by atoms with Crippen LogP contribution in [0.4, 0.5) is 0 Å². The standard InChI is InChI=1S/C12H16O.CH4/c1-3-9(2)11-6-4-5-10-7-8-13-12(10)11;/h4-6,9H,3,7-8H2,1-2H3;1H4. The summed E-state index contributed by atoms with van der Waals surface area (Å²) in [6.45, 7) is 5.35. The van der Waals surface area contributed by atoms with E-state index in [1.54, 1.807) is 0 Å². The van der Waals surface area contributed by atoms with Crippen LogP contribution >= 0.6 is 0 Å². The average molecular weight is 192 g/mol. The molecule has 1 atom stereocenters. The maximum absolute atomic E-state index is 5.65. The van der Waals surface area contributed by atoms with Crippen LogP contribution in [-0.2, 0) is 6.42 Å². The first-order valence-electron chi connectivity index (χ1n) is 5.07. The lowest BCUT2D eigenvalue weighted by Gasteiger charge is -2.12. The predicted octanol–water partition coefficient (Wildman–Crippen LogP) is 3.77. The number of rotatable bonds is 2. The van der Waals surface area contributed by atoms with E-state index in [-0.39, 0.29) is 7.43 Å². The van der Waals surface area contributed by atoms with Crippen LogP contribution in [0.3, 0.4) is 0 Å². The number of ether oxygens (including phenoxy) is 1. The SMILES string of the molecule is C.CCC(C)c1cccc2c1OCC2. The van der Waals surface area contributed by atoms with Gasteiger partial charge < -0.3 is 4.74 Å². The topological polar surface area (TPSA) is 9.23 Å². The third-order valence-corrected chi connectivity index (χ3v) is 2.89. The molecule has 1 aromatic carbocycles. The summed E-state index contributed by atoms with van der Waals surface area (Å²) in [5.74, 6) is 1.78. The number of hydrogen-bond donors (Lipinski definition) is 0. The minimum atomic E-state index is 0. The number of para-hydroxylation sites is 1. The van der Waals surface area contributed by atoms with Crippen molar-refractivity contribution < 1.29 is 4.74 Å². The van der Waals surface area contributed by atoms with Crippen LogP contribution in [-0.4, -0.2) is 6.61 Å². The van der Waals surface area contributed by atoms with Crippen molar-refractivity contribution in [3.8, 4) is 5.75 Å². The van der Waals surface area contributed by atoms with Crippen molar-refractivity contribution in [2.75, 3.05) is 6.61 Å². The molecule has 0 saturated heterocycles. The quantitative estimate of drug-likeness (QED) is 0.693. The zero-order chi connectivity index (χ0) is 9.26. The molecule has 0 aliphatic carbocycles. The highest BCUT2D eigenvalue weighted by Gasteiger charge is 2.18. The second-order valence-corrected chi connectivity index (χ2v) is 3.74. The molecule has 0 saturated carbocycles. The van der Waals surface area contributed by atoms with Gasteiger partial charge in [-0.3, -0.25) is 0 Å². The maximum atomic E-state index is 5.65. The van der Waals surface area contributed by atoms with Crippen LogP contribution in [0.5, 0.6) is 5.75 Å². The summed E-state index contributed by atoms with van der Waals surface area (Å²) in [4.78, 5) is 0. The first kappa shape index (κ1) is 11.1. The van der Waals surface area contributed by atoms with E-state index >= 15 is 0 Å². The zero-order valence-corrected chi connectivity index (χ0v) is 8.34. The molecule has 1 aliphatic rings. The van der Waals surface area contributed by atoms with E-state index in [9.17, 15) is 0 Å². The van der Waals surface area contributed by atoms with Crippen molar-refractivity contribution >= 4 is 0 Å². The van der Waals surface area contributed by atoms with Gasteiger partial charge in [-0.05, 0) is 23.5 Å². The summed E-state index contributed by atoms with van der Waals surface area (Å²) in [6, 6.07) is 6.52. The molecule has 1 heterocycles. The van der Waals surface area contributed by atoms with Crippen LogP contribution in [0.15, 0.2) is 18.2 Å². The fraction of sp³-hybridized carbons (Fsp3) is 0.538. The van der Waals surface area contributed by atoms with E-state index in [1.165, 1.54) is 17.5 Å². The molecule has 0 amide bonds. The molecule has 14 heavy (non-hydrogen) atoms. The largest absolute Gasteiger partial charge is 0.493 e. The third-order valence-electron chi connectivity index (χ3n) is 2.89. The molecule has 0 spiro atoms. The smallest absolute Gasteiger partial charge is 0.126 e. The van der Waals surface area contributed by atoms with Crippen molar-refractivity contribution in [2.45, 2.75) is 40.0 Å². The van der Waals surface area contributed by atoms with Gasteiger partial charge in [-0.1, -0.05) is 39.5 Å². The van der Waals surface area contributed by atoms with Crippen molar-refractivity contribution in [3.63, 3.8) is 0 Å². The van der Waals surface area contributed by atoms with Crippen molar-refractivity contribution in [1.82, 2.24) is 0 Å².